The highest BCUT2D eigenvalue weighted by Gasteiger charge is 2.13. The van der Waals surface area contributed by atoms with Gasteiger partial charge >= 0.3 is 0 Å². The first-order chi connectivity index (χ1) is 15.2. The quantitative estimate of drug-likeness (QED) is 0.322. The molecule has 1 amide bonds. The van der Waals surface area contributed by atoms with E-state index in [0.29, 0.717) is 12.1 Å². The summed E-state index contributed by atoms with van der Waals surface area (Å²) in [6.07, 6.45) is 1.81. The van der Waals surface area contributed by atoms with E-state index in [4.69, 9.17) is 0 Å². The second-order valence-electron chi connectivity index (χ2n) is 7.44. The summed E-state index contributed by atoms with van der Waals surface area (Å²) in [6.45, 7) is 2.57. The number of thiophene rings is 1. The Bertz CT molecular complexity index is 1330. The Morgan fingerprint density at radius 2 is 1.68 bits per heavy atom. The van der Waals surface area contributed by atoms with Crippen molar-refractivity contribution in [3.63, 3.8) is 0 Å². The first kappa shape index (κ1) is 19.7. The molecule has 0 radical (unpaired) electrons. The molecule has 0 fully saturated rings. The minimum absolute atomic E-state index is 0.0624. The fourth-order valence-corrected chi connectivity index (χ4v) is 5.09. The van der Waals surface area contributed by atoms with Crippen molar-refractivity contribution in [3.05, 3.63) is 100 Å². The molecule has 0 aliphatic heterocycles. The molecule has 152 valence electrons. The molecule has 0 spiro atoms. The number of aryl methyl sites for hydroxylation is 1. The number of amides is 1. The molecule has 3 aromatic carbocycles. The zero-order chi connectivity index (χ0) is 21.2. The van der Waals surface area contributed by atoms with Gasteiger partial charge in [0.15, 0.2) is 0 Å². The van der Waals surface area contributed by atoms with Crippen molar-refractivity contribution >= 4 is 38.7 Å². The van der Waals surface area contributed by atoms with Gasteiger partial charge < -0.3 is 5.32 Å². The number of carbonyl (C=O) groups excluding carboxylic acids is 1. The van der Waals surface area contributed by atoms with Crippen LogP contribution in [0.4, 0.5) is 0 Å². The molecule has 5 heteroatoms. The van der Waals surface area contributed by atoms with E-state index in [1.165, 1.54) is 10.9 Å². The molecule has 0 atom stereocenters. The van der Waals surface area contributed by atoms with E-state index in [2.05, 4.69) is 52.9 Å². The third kappa shape index (κ3) is 4.15. The highest BCUT2D eigenvalue weighted by molar-refractivity contribution is 7.17. The summed E-state index contributed by atoms with van der Waals surface area (Å²) in [5.41, 5.74) is 6.28. The van der Waals surface area contributed by atoms with E-state index in [9.17, 15) is 4.79 Å². The van der Waals surface area contributed by atoms with E-state index < -0.39 is 0 Å². The van der Waals surface area contributed by atoms with Crippen LogP contribution in [0.1, 0.15) is 21.5 Å². The normalized spacial score (nSPS) is 11.0. The van der Waals surface area contributed by atoms with Gasteiger partial charge in [-0.2, -0.15) is 0 Å². The Morgan fingerprint density at radius 1 is 0.903 bits per heavy atom. The smallest absolute Gasteiger partial charge is 0.251 e. The van der Waals surface area contributed by atoms with Crippen molar-refractivity contribution in [1.82, 2.24) is 10.3 Å². The average molecular weight is 441 g/mol. The number of carbonyl (C=O) groups is 1. The molecule has 31 heavy (non-hydrogen) atoms. The number of aromatic nitrogens is 1. The number of thiazole rings is 1. The van der Waals surface area contributed by atoms with Crippen LogP contribution in [0.5, 0.6) is 0 Å². The van der Waals surface area contributed by atoms with Gasteiger partial charge in [0.2, 0.25) is 0 Å². The van der Waals surface area contributed by atoms with Crippen LogP contribution < -0.4 is 5.32 Å². The summed E-state index contributed by atoms with van der Waals surface area (Å²) in [6, 6.07) is 22.7. The Labute approximate surface area is 189 Å². The average Bonchev–Trinajstić information content (AvgIpc) is 3.50. The van der Waals surface area contributed by atoms with Gasteiger partial charge in [0.25, 0.3) is 5.91 Å². The number of benzene rings is 3. The Hall–Kier alpha value is -3.28. The van der Waals surface area contributed by atoms with Crippen LogP contribution in [0, 0.1) is 6.92 Å². The number of hydrogen-bond donors (Lipinski definition) is 1. The topological polar surface area (TPSA) is 42.0 Å². The summed E-state index contributed by atoms with van der Waals surface area (Å²) in [5.74, 6) is -0.0624. The maximum atomic E-state index is 13.0. The number of nitrogens with zero attached hydrogens (tertiary/aromatic N) is 1. The van der Waals surface area contributed by atoms with Gasteiger partial charge in [-0.15, -0.1) is 22.7 Å². The summed E-state index contributed by atoms with van der Waals surface area (Å²) in [4.78, 5) is 17.3. The molecule has 0 saturated carbocycles. The number of fused-ring (bicyclic) bond motifs is 1. The molecule has 1 N–H and O–H groups in total. The minimum Gasteiger partial charge on any atom is -0.348 e. The maximum absolute atomic E-state index is 13.0. The van der Waals surface area contributed by atoms with Crippen LogP contribution >= 0.6 is 22.7 Å². The third-order valence-corrected chi connectivity index (χ3v) is 6.97. The van der Waals surface area contributed by atoms with Crippen LogP contribution in [0.25, 0.3) is 31.8 Å². The molecule has 5 aromatic rings. The highest BCUT2D eigenvalue weighted by atomic mass is 32.1. The molecule has 5 rings (SSSR count). The predicted molar refractivity (Wildman–Crippen MR) is 131 cm³/mol. The zero-order valence-electron chi connectivity index (χ0n) is 17.0. The molecule has 2 heterocycles. The van der Waals surface area contributed by atoms with E-state index in [0.717, 1.165) is 32.0 Å². The fourth-order valence-electron chi connectivity index (χ4n) is 3.59. The van der Waals surface area contributed by atoms with Gasteiger partial charge in [0.05, 0.1) is 0 Å². The lowest BCUT2D eigenvalue weighted by Gasteiger charge is -2.10. The van der Waals surface area contributed by atoms with Crippen molar-refractivity contribution < 1.29 is 4.79 Å². The van der Waals surface area contributed by atoms with Crippen LogP contribution in [0.2, 0.25) is 0 Å². The Kier molecular flexibility index (Phi) is 5.37. The predicted octanol–water partition coefficient (Wildman–Crippen LogP) is 6.93. The van der Waals surface area contributed by atoms with Crippen molar-refractivity contribution in [2.75, 3.05) is 0 Å². The zero-order valence-corrected chi connectivity index (χ0v) is 18.6. The van der Waals surface area contributed by atoms with Crippen molar-refractivity contribution in [3.8, 4) is 21.7 Å². The standard InChI is InChI=1S/C26H20N2OS2/c1-17-2-6-19(7-3-17)23-14-21(15-24-22(23)10-12-30-24)25(29)28-16-18-4-8-20(9-5-18)26-27-11-13-31-26/h2-15H,16H2,1H3,(H,28,29). The molecule has 0 aliphatic carbocycles. The van der Waals surface area contributed by atoms with E-state index in [-0.39, 0.29) is 5.91 Å². The summed E-state index contributed by atoms with van der Waals surface area (Å²) < 4.78 is 1.12. The monoisotopic (exact) mass is 440 g/mol. The van der Waals surface area contributed by atoms with Crippen molar-refractivity contribution in [1.29, 1.82) is 0 Å². The molecular formula is C26H20N2OS2. The SMILES string of the molecule is Cc1ccc(-c2cc(C(=O)NCc3ccc(-c4nccs4)cc3)cc3sccc23)cc1. The number of rotatable bonds is 5. The van der Waals surface area contributed by atoms with Gasteiger partial charge in [-0.25, -0.2) is 4.98 Å². The van der Waals surface area contributed by atoms with Crippen molar-refractivity contribution in [2.24, 2.45) is 0 Å². The molecule has 0 saturated heterocycles. The van der Waals surface area contributed by atoms with Gasteiger partial charge in [-0.3, -0.25) is 4.79 Å². The minimum atomic E-state index is -0.0624. The highest BCUT2D eigenvalue weighted by Crippen LogP contribution is 2.33. The van der Waals surface area contributed by atoms with Gasteiger partial charge in [0, 0.05) is 39.3 Å². The summed E-state index contributed by atoms with van der Waals surface area (Å²) >= 11 is 3.28. The Morgan fingerprint density at radius 3 is 2.42 bits per heavy atom. The molecule has 3 nitrogen and oxygen atoms in total. The Balaban J connectivity index is 1.37. The molecular weight excluding hydrogens is 420 g/mol. The molecule has 2 aromatic heterocycles. The third-order valence-electron chi connectivity index (χ3n) is 5.28. The van der Waals surface area contributed by atoms with Gasteiger partial charge in [-0.1, -0.05) is 54.1 Å². The van der Waals surface area contributed by atoms with Crippen LogP contribution in [-0.2, 0) is 6.54 Å². The second-order valence-corrected chi connectivity index (χ2v) is 9.28. The van der Waals surface area contributed by atoms with Crippen LogP contribution in [0.3, 0.4) is 0 Å². The van der Waals surface area contributed by atoms with Crippen LogP contribution in [-0.4, -0.2) is 10.9 Å². The lowest BCUT2D eigenvalue weighted by Crippen LogP contribution is -2.22. The lowest BCUT2D eigenvalue weighted by atomic mass is 9.98. The molecule has 0 unspecified atom stereocenters. The van der Waals surface area contributed by atoms with Gasteiger partial charge in [0.1, 0.15) is 5.01 Å². The largest absolute Gasteiger partial charge is 0.348 e. The first-order valence-corrected chi connectivity index (χ1v) is 11.8. The summed E-state index contributed by atoms with van der Waals surface area (Å²) in [7, 11) is 0. The maximum Gasteiger partial charge on any atom is 0.251 e. The second kappa shape index (κ2) is 8.46. The van der Waals surface area contributed by atoms with E-state index >= 15 is 0 Å². The number of hydrogen-bond acceptors (Lipinski definition) is 4. The van der Waals surface area contributed by atoms with Crippen molar-refractivity contribution in [2.45, 2.75) is 13.5 Å². The van der Waals surface area contributed by atoms with E-state index in [1.54, 1.807) is 22.7 Å². The first-order valence-electron chi connectivity index (χ1n) is 10.0. The molecule has 0 aliphatic rings. The number of nitrogens with one attached hydrogen (secondary N) is 1. The van der Waals surface area contributed by atoms with Gasteiger partial charge in [-0.05, 0) is 47.2 Å². The van der Waals surface area contributed by atoms with Crippen LogP contribution in [0.15, 0.2) is 83.7 Å². The molecule has 0 bridgehead atoms. The fraction of sp³-hybridized carbons (Fsp3) is 0.0769. The summed E-state index contributed by atoms with van der Waals surface area (Å²) in [5, 5.41) is 9.30. The lowest BCUT2D eigenvalue weighted by molar-refractivity contribution is 0.0951. The van der Waals surface area contributed by atoms with E-state index in [1.807, 2.05) is 48.0 Å².